The smallest absolute Gasteiger partial charge is 0.319 e. The molecule has 2 aromatic heterocycles. The Bertz CT molecular complexity index is 607. The molecule has 1 atom stereocenters. The first-order valence-electron chi connectivity index (χ1n) is 7.20. The normalized spacial score (nSPS) is 17.1. The second-order valence-corrected chi connectivity index (χ2v) is 6.00. The lowest BCUT2D eigenvalue weighted by atomic mass is 9.91. The number of ether oxygens (including phenoxy) is 1. The molecule has 1 fully saturated rings. The number of hydrogen-bond donors (Lipinski definition) is 2. The zero-order valence-corrected chi connectivity index (χ0v) is 13.1. The number of aryl methyl sites for hydroxylation is 1. The van der Waals surface area contributed by atoms with Crippen LogP contribution in [0.5, 0.6) is 0 Å². The lowest BCUT2D eigenvalue weighted by molar-refractivity contribution is 0.0506. The first-order valence-corrected chi connectivity index (χ1v) is 8.14. The van der Waals surface area contributed by atoms with E-state index in [1.54, 1.807) is 6.92 Å². The van der Waals surface area contributed by atoms with Crippen molar-refractivity contribution in [3.63, 3.8) is 0 Å². The summed E-state index contributed by atoms with van der Waals surface area (Å²) >= 11 is 1.53. The van der Waals surface area contributed by atoms with Crippen molar-refractivity contribution in [2.75, 3.05) is 18.5 Å². The van der Waals surface area contributed by atoms with Gasteiger partial charge in [0.25, 0.3) is 0 Å². The largest absolute Gasteiger partial charge is 0.381 e. The number of aromatic nitrogens is 2. The summed E-state index contributed by atoms with van der Waals surface area (Å²) in [6.45, 7) is 3.13. The fraction of sp³-hybridized carbons (Fsp3) is 0.500. The van der Waals surface area contributed by atoms with E-state index in [4.69, 9.17) is 9.26 Å². The first kappa shape index (κ1) is 15.0. The molecule has 22 heavy (non-hydrogen) atoms. The van der Waals surface area contributed by atoms with Gasteiger partial charge in [0, 0.05) is 18.6 Å². The van der Waals surface area contributed by atoms with Crippen LogP contribution in [0, 0.1) is 12.8 Å². The van der Waals surface area contributed by atoms with E-state index in [1.165, 1.54) is 11.3 Å². The molecular weight excluding hydrogens is 304 g/mol. The molecule has 0 spiro atoms. The Kier molecular flexibility index (Phi) is 4.69. The number of thiophene rings is 1. The van der Waals surface area contributed by atoms with E-state index in [0.29, 0.717) is 24.9 Å². The summed E-state index contributed by atoms with van der Waals surface area (Å²) in [5.41, 5.74) is 0.773. The Hall–Kier alpha value is -1.93. The van der Waals surface area contributed by atoms with Crippen molar-refractivity contribution in [1.29, 1.82) is 0 Å². The van der Waals surface area contributed by atoms with Gasteiger partial charge in [0.2, 0.25) is 5.89 Å². The van der Waals surface area contributed by atoms with Crippen LogP contribution in [0.1, 0.15) is 30.6 Å². The van der Waals surface area contributed by atoms with Crippen LogP contribution in [0.2, 0.25) is 0 Å². The Morgan fingerprint density at radius 1 is 1.45 bits per heavy atom. The molecule has 1 saturated heterocycles. The minimum Gasteiger partial charge on any atom is -0.381 e. The van der Waals surface area contributed by atoms with Crippen molar-refractivity contribution >= 4 is 23.1 Å². The van der Waals surface area contributed by atoms with E-state index in [9.17, 15) is 4.79 Å². The number of carbonyl (C=O) groups is 1. The molecule has 3 heterocycles. The fourth-order valence-corrected chi connectivity index (χ4v) is 3.10. The van der Waals surface area contributed by atoms with Crippen molar-refractivity contribution in [2.45, 2.75) is 25.8 Å². The van der Waals surface area contributed by atoms with Gasteiger partial charge in [-0.25, -0.2) is 4.79 Å². The highest BCUT2D eigenvalue weighted by atomic mass is 32.1. The number of anilines is 1. The van der Waals surface area contributed by atoms with Gasteiger partial charge in [-0.3, -0.25) is 0 Å². The summed E-state index contributed by atoms with van der Waals surface area (Å²) < 4.78 is 10.7. The number of nitrogens with zero attached hydrogens (tertiary/aromatic N) is 2. The molecule has 2 N–H and O–H groups in total. The highest BCUT2D eigenvalue weighted by Crippen LogP contribution is 2.29. The maximum atomic E-state index is 12.2. The Morgan fingerprint density at radius 2 is 2.27 bits per heavy atom. The summed E-state index contributed by atoms with van der Waals surface area (Å²) in [7, 11) is 0. The van der Waals surface area contributed by atoms with Gasteiger partial charge in [0.1, 0.15) is 6.04 Å². The Balaban J connectivity index is 1.71. The summed E-state index contributed by atoms with van der Waals surface area (Å²) in [4.78, 5) is 16.5. The second-order valence-electron chi connectivity index (χ2n) is 5.22. The molecule has 2 aromatic rings. The molecule has 0 aromatic carbocycles. The highest BCUT2D eigenvalue weighted by Gasteiger charge is 2.31. The minimum absolute atomic E-state index is 0.224. The van der Waals surface area contributed by atoms with Crippen LogP contribution in [-0.2, 0) is 4.74 Å². The van der Waals surface area contributed by atoms with Crippen molar-refractivity contribution in [2.24, 2.45) is 5.92 Å². The molecule has 0 aliphatic carbocycles. The topological polar surface area (TPSA) is 89.3 Å². The van der Waals surface area contributed by atoms with Crippen LogP contribution in [0.25, 0.3) is 0 Å². The summed E-state index contributed by atoms with van der Waals surface area (Å²) in [5, 5.41) is 13.4. The van der Waals surface area contributed by atoms with Gasteiger partial charge >= 0.3 is 6.03 Å². The van der Waals surface area contributed by atoms with Crippen LogP contribution < -0.4 is 10.6 Å². The van der Waals surface area contributed by atoms with E-state index in [-0.39, 0.29) is 18.0 Å². The van der Waals surface area contributed by atoms with Crippen molar-refractivity contribution in [3.8, 4) is 0 Å². The standard InChI is InChI=1S/C14H18N4O3S/c1-9-15-13(21-18-9)12(10-2-5-20-6-3-10)17-14(19)16-11-4-7-22-8-11/h4,7-8,10,12H,2-3,5-6H2,1H3,(H2,16,17,19)/t12-/m1/s1. The van der Waals surface area contributed by atoms with Gasteiger partial charge in [-0.05, 0) is 37.1 Å². The molecule has 0 bridgehead atoms. The average molecular weight is 322 g/mol. The van der Waals surface area contributed by atoms with Gasteiger partial charge in [0.15, 0.2) is 5.82 Å². The van der Waals surface area contributed by atoms with E-state index >= 15 is 0 Å². The van der Waals surface area contributed by atoms with Crippen molar-refractivity contribution in [1.82, 2.24) is 15.5 Å². The molecule has 118 valence electrons. The fourth-order valence-electron chi connectivity index (χ4n) is 2.51. The van der Waals surface area contributed by atoms with Gasteiger partial charge in [0.05, 0.1) is 5.69 Å². The van der Waals surface area contributed by atoms with Crippen LogP contribution in [0.15, 0.2) is 21.3 Å². The van der Waals surface area contributed by atoms with E-state index in [1.807, 2.05) is 16.8 Å². The Morgan fingerprint density at radius 3 is 2.91 bits per heavy atom. The maximum Gasteiger partial charge on any atom is 0.319 e. The number of hydrogen-bond acceptors (Lipinski definition) is 6. The molecule has 0 radical (unpaired) electrons. The van der Waals surface area contributed by atoms with Crippen molar-refractivity contribution < 1.29 is 14.1 Å². The lowest BCUT2D eigenvalue weighted by Gasteiger charge is -2.28. The number of nitrogens with one attached hydrogen (secondary N) is 2. The van der Waals surface area contributed by atoms with Crippen LogP contribution in [-0.4, -0.2) is 29.4 Å². The van der Waals surface area contributed by atoms with Crippen LogP contribution in [0.4, 0.5) is 10.5 Å². The zero-order chi connectivity index (χ0) is 15.4. The quantitative estimate of drug-likeness (QED) is 0.903. The van der Waals surface area contributed by atoms with Crippen LogP contribution in [0.3, 0.4) is 0 Å². The molecular formula is C14H18N4O3S. The third kappa shape index (κ3) is 3.63. The SMILES string of the molecule is Cc1noc([C@H](NC(=O)Nc2ccsc2)C2CCOCC2)n1. The van der Waals surface area contributed by atoms with Crippen molar-refractivity contribution in [3.05, 3.63) is 28.5 Å². The average Bonchev–Trinajstić information content (AvgIpc) is 3.17. The lowest BCUT2D eigenvalue weighted by Crippen LogP contribution is -2.38. The van der Waals surface area contributed by atoms with Gasteiger partial charge in [-0.15, -0.1) is 0 Å². The molecule has 8 heteroatoms. The summed E-state index contributed by atoms with van der Waals surface area (Å²) in [6, 6.07) is 1.28. The number of rotatable bonds is 4. The van der Waals surface area contributed by atoms with Gasteiger partial charge in [-0.2, -0.15) is 16.3 Å². The minimum atomic E-state index is -0.302. The van der Waals surface area contributed by atoms with Gasteiger partial charge in [-0.1, -0.05) is 5.16 Å². The predicted molar refractivity (Wildman–Crippen MR) is 81.8 cm³/mol. The van der Waals surface area contributed by atoms with E-state index < -0.39 is 0 Å². The molecule has 0 unspecified atom stereocenters. The number of urea groups is 1. The third-order valence-corrected chi connectivity index (χ3v) is 4.30. The van der Waals surface area contributed by atoms with Gasteiger partial charge < -0.3 is 19.9 Å². The van der Waals surface area contributed by atoms with E-state index in [0.717, 1.165) is 18.5 Å². The summed E-state index contributed by atoms with van der Waals surface area (Å²) in [5.74, 6) is 1.23. The monoisotopic (exact) mass is 322 g/mol. The predicted octanol–water partition coefficient (Wildman–Crippen LogP) is 2.73. The second kappa shape index (κ2) is 6.89. The maximum absolute atomic E-state index is 12.2. The Labute approximate surface area is 132 Å². The highest BCUT2D eigenvalue weighted by molar-refractivity contribution is 7.08. The molecule has 2 amide bonds. The number of carbonyl (C=O) groups excluding carboxylic acids is 1. The van der Waals surface area contributed by atoms with Crippen LogP contribution >= 0.6 is 11.3 Å². The molecule has 0 saturated carbocycles. The molecule has 1 aliphatic heterocycles. The zero-order valence-electron chi connectivity index (χ0n) is 12.2. The van der Waals surface area contributed by atoms with E-state index in [2.05, 4.69) is 20.8 Å². The molecule has 3 rings (SSSR count). The summed E-state index contributed by atoms with van der Waals surface area (Å²) in [6.07, 6.45) is 1.70. The molecule has 7 nitrogen and oxygen atoms in total. The third-order valence-electron chi connectivity index (χ3n) is 3.61. The molecule has 1 aliphatic rings. The number of amides is 2. The first-order chi connectivity index (χ1) is 10.7.